The van der Waals surface area contributed by atoms with Gasteiger partial charge in [-0.25, -0.2) is 4.79 Å². The van der Waals surface area contributed by atoms with Crippen molar-refractivity contribution in [3.05, 3.63) is 0 Å². The quantitative estimate of drug-likeness (QED) is 0.728. The van der Waals surface area contributed by atoms with Gasteiger partial charge in [-0.05, 0) is 32.1 Å². The molecule has 4 nitrogen and oxygen atoms in total. The van der Waals surface area contributed by atoms with E-state index in [4.69, 9.17) is 5.73 Å². The van der Waals surface area contributed by atoms with Crippen LogP contribution in [-0.2, 0) is 4.74 Å². The fourth-order valence-corrected chi connectivity index (χ4v) is 2.01. The third-order valence-corrected chi connectivity index (χ3v) is 2.75. The van der Waals surface area contributed by atoms with Gasteiger partial charge >= 0.3 is 6.09 Å². The molecule has 0 aliphatic carbocycles. The third kappa shape index (κ3) is 3.18. The van der Waals surface area contributed by atoms with Crippen LogP contribution in [0, 0.1) is 5.92 Å². The second-order valence-corrected chi connectivity index (χ2v) is 4.11. The minimum absolute atomic E-state index is 0.204. The van der Waals surface area contributed by atoms with Crippen LogP contribution in [0.25, 0.3) is 0 Å². The average Bonchev–Trinajstić information content (AvgIpc) is 2.17. The van der Waals surface area contributed by atoms with Gasteiger partial charge in [0.1, 0.15) is 0 Å². The first kappa shape index (κ1) is 11.3. The van der Waals surface area contributed by atoms with Crippen molar-refractivity contribution in [1.82, 2.24) is 4.90 Å². The fourth-order valence-electron chi connectivity index (χ4n) is 2.01. The summed E-state index contributed by atoms with van der Waals surface area (Å²) in [5.74, 6) is 0.677. The fraction of sp³-hybridized carbons (Fsp3) is 0.900. The van der Waals surface area contributed by atoms with Gasteiger partial charge in [0.15, 0.2) is 0 Å². The van der Waals surface area contributed by atoms with Crippen LogP contribution in [0.1, 0.15) is 26.2 Å². The summed E-state index contributed by atoms with van der Waals surface area (Å²) in [5.41, 5.74) is 5.74. The molecule has 0 spiro atoms. The van der Waals surface area contributed by atoms with Crippen molar-refractivity contribution in [2.24, 2.45) is 11.7 Å². The van der Waals surface area contributed by atoms with Crippen LogP contribution in [0.15, 0.2) is 0 Å². The lowest BCUT2D eigenvalue weighted by molar-refractivity contribution is 0.104. The smallest absolute Gasteiger partial charge is 0.409 e. The highest BCUT2D eigenvalue weighted by Gasteiger charge is 2.23. The highest BCUT2D eigenvalue weighted by Crippen LogP contribution is 2.21. The Hall–Kier alpha value is -0.770. The summed E-state index contributed by atoms with van der Waals surface area (Å²) in [6.07, 6.45) is 2.96. The van der Waals surface area contributed by atoms with Gasteiger partial charge in [0, 0.05) is 19.1 Å². The number of amides is 1. The first-order valence-electron chi connectivity index (χ1n) is 5.22. The summed E-state index contributed by atoms with van der Waals surface area (Å²) in [6.45, 7) is 3.65. The van der Waals surface area contributed by atoms with Gasteiger partial charge in [-0.1, -0.05) is 0 Å². The molecule has 1 fully saturated rings. The lowest BCUT2D eigenvalue weighted by Gasteiger charge is -2.31. The number of carbonyl (C=O) groups excluding carboxylic acids is 1. The van der Waals surface area contributed by atoms with E-state index in [2.05, 4.69) is 4.74 Å². The second-order valence-electron chi connectivity index (χ2n) is 4.11. The number of likely N-dealkylation sites (tertiary alicyclic amines) is 1. The van der Waals surface area contributed by atoms with Gasteiger partial charge in [-0.15, -0.1) is 0 Å². The molecule has 14 heavy (non-hydrogen) atoms. The van der Waals surface area contributed by atoms with Crippen molar-refractivity contribution < 1.29 is 9.53 Å². The van der Waals surface area contributed by atoms with E-state index in [0.717, 1.165) is 32.4 Å². The molecule has 1 amide bonds. The lowest BCUT2D eigenvalue weighted by Crippen LogP contribution is -2.39. The first-order chi connectivity index (χ1) is 6.63. The summed E-state index contributed by atoms with van der Waals surface area (Å²) >= 11 is 0. The zero-order valence-corrected chi connectivity index (χ0v) is 9.03. The average molecular weight is 200 g/mol. The molecule has 1 heterocycles. The maximum absolute atomic E-state index is 11.2. The number of carbonyl (C=O) groups is 1. The van der Waals surface area contributed by atoms with Crippen LogP contribution in [-0.4, -0.2) is 37.2 Å². The maximum Gasteiger partial charge on any atom is 0.409 e. The topological polar surface area (TPSA) is 55.6 Å². The van der Waals surface area contributed by atoms with Gasteiger partial charge in [-0.3, -0.25) is 0 Å². The molecule has 1 unspecified atom stereocenters. The van der Waals surface area contributed by atoms with Crippen LogP contribution >= 0.6 is 0 Å². The molecule has 82 valence electrons. The minimum atomic E-state index is -0.204. The summed E-state index contributed by atoms with van der Waals surface area (Å²) in [6, 6.07) is 0.268. The summed E-state index contributed by atoms with van der Waals surface area (Å²) in [4.78, 5) is 12.9. The Bertz CT molecular complexity index is 187. The van der Waals surface area contributed by atoms with E-state index in [9.17, 15) is 4.79 Å². The van der Waals surface area contributed by atoms with Crippen LogP contribution < -0.4 is 5.73 Å². The van der Waals surface area contributed by atoms with Gasteiger partial charge in [0.05, 0.1) is 7.11 Å². The molecule has 0 bridgehead atoms. The number of methoxy groups -OCH3 is 1. The minimum Gasteiger partial charge on any atom is -0.453 e. The van der Waals surface area contributed by atoms with Crippen molar-refractivity contribution in [3.63, 3.8) is 0 Å². The van der Waals surface area contributed by atoms with E-state index < -0.39 is 0 Å². The number of rotatable bonds is 2. The Morgan fingerprint density at radius 2 is 2.14 bits per heavy atom. The van der Waals surface area contributed by atoms with Crippen LogP contribution in [0.4, 0.5) is 4.79 Å². The van der Waals surface area contributed by atoms with Crippen molar-refractivity contribution in [2.75, 3.05) is 20.2 Å². The van der Waals surface area contributed by atoms with Gasteiger partial charge in [0.2, 0.25) is 0 Å². The molecule has 1 rings (SSSR count). The molecule has 2 N–H and O–H groups in total. The molecule has 0 aromatic rings. The van der Waals surface area contributed by atoms with Crippen molar-refractivity contribution >= 4 is 6.09 Å². The van der Waals surface area contributed by atoms with E-state index in [-0.39, 0.29) is 12.1 Å². The Labute approximate surface area is 85.4 Å². The summed E-state index contributed by atoms with van der Waals surface area (Å²) in [5, 5.41) is 0. The molecule has 1 saturated heterocycles. The lowest BCUT2D eigenvalue weighted by atomic mass is 9.91. The molecular formula is C10H20N2O2. The SMILES string of the molecule is COC(=O)N1CCC(CC(C)N)CC1. The van der Waals surface area contributed by atoms with E-state index in [1.165, 1.54) is 7.11 Å². The number of ether oxygens (including phenoxy) is 1. The largest absolute Gasteiger partial charge is 0.453 e. The molecule has 0 saturated carbocycles. The van der Waals surface area contributed by atoms with Gasteiger partial charge in [0.25, 0.3) is 0 Å². The molecule has 4 heteroatoms. The molecule has 0 aromatic carbocycles. The van der Waals surface area contributed by atoms with Gasteiger partial charge < -0.3 is 15.4 Å². The number of nitrogens with zero attached hydrogens (tertiary/aromatic N) is 1. The zero-order chi connectivity index (χ0) is 10.6. The van der Waals surface area contributed by atoms with Crippen molar-refractivity contribution in [2.45, 2.75) is 32.2 Å². The first-order valence-corrected chi connectivity index (χ1v) is 5.22. The predicted octanol–water partition coefficient (Wildman–Crippen LogP) is 1.20. The molecule has 1 aliphatic heterocycles. The Balaban J connectivity index is 2.27. The highest BCUT2D eigenvalue weighted by atomic mass is 16.5. The van der Waals surface area contributed by atoms with Crippen molar-refractivity contribution in [1.29, 1.82) is 0 Å². The monoisotopic (exact) mass is 200 g/mol. The maximum atomic E-state index is 11.2. The molecule has 1 aliphatic rings. The number of hydrogen-bond donors (Lipinski definition) is 1. The zero-order valence-electron chi connectivity index (χ0n) is 9.03. The third-order valence-electron chi connectivity index (χ3n) is 2.75. The van der Waals surface area contributed by atoms with E-state index >= 15 is 0 Å². The van der Waals surface area contributed by atoms with Crippen molar-refractivity contribution in [3.8, 4) is 0 Å². The number of hydrogen-bond acceptors (Lipinski definition) is 3. The van der Waals surface area contributed by atoms with Gasteiger partial charge in [-0.2, -0.15) is 0 Å². The summed E-state index contributed by atoms with van der Waals surface area (Å²) < 4.78 is 4.67. The predicted molar refractivity (Wildman–Crippen MR) is 55.0 cm³/mol. The van der Waals surface area contributed by atoms with E-state index in [0.29, 0.717) is 5.92 Å². The Morgan fingerprint density at radius 1 is 1.57 bits per heavy atom. The molecule has 0 radical (unpaired) electrons. The second kappa shape index (κ2) is 5.20. The Morgan fingerprint density at radius 3 is 2.57 bits per heavy atom. The van der Waals surface area contributed by atoms with E-state index in [1.54, 1.807) is 4.90 Å². The van der Waals surface area contributed by atoms with Crippen LogP contribution in [0.3, 0.4) is 0 Å². The Kier molecular flexibility index (Phi) is 4.20. The van der Waals surface area contributed by atoms with Crippen LogP contribution in [0.5, 0.6) is 0 Å². The van der Waals surface area contributed by atoms with Crippen LogP contribution in [0.2, 0.25) is 0 Å². The number of piperidine rings is 1. The molecule has 0 aromatic heterocycles. The van der Waals surface area contributed by atoms with E-state index in [1.807, 2.05) is 6.92 Å². The summed E-state index contributed by atoms with van der Waals surface area (Å²) in [7, 11) is 1.43. The highest BCUT2D eigenvalue weighted by molar-refractivity contribution is 5.67. The molecular weight excluding hydrogens is 180 g/mol. The number of nitrogens with two attached hydrogens (primary N) is 1. The molecule has 1 atom stereocenters. The standard InChI is InChI=1S/C10H20N2O2/c1-8(11)7-9-3-5-12(6-4-9)10(13)14-2/h8-9H,3-7,11H2,1-2H3. The normalized spacial score (nSPS) is 20.6.